The van der Waals surface area contributed by atoms with E-state index in [2.05, 4.69) is 62.5 Å². The molecule has 0 spiro atoms. The summed E-state index contributed by atoms with van der Waals surface area (Å²) in [6.07, 6.45) is 46.1. The number of ether oxygens (including phenoxy) is 2. The first-order chi connectivity index (χ1) is 24.4. The number of phosphoric ester groups is 1. The zero-order chi connectivity index (χ0) is 36.6. The number of carbonyl (C=O) groups excluding carboxylic acids is 1. The molecule has 9 heteroatoms. The third-order valence-electron chi connectivity index (χ3n) is 7.97. The van der Waals surface area contributed by atoms with Crippen molar-refractivity contribution in [1.82, 2.24) is 0 Å². The van der Waals surface area contributed by atoms with E-state index >= 15 is 0 Å². The first-order valence-corrected chi connectivity index (χ1v) is 21.3. The molecule has 290 valence electrons. The van der Waals surface area contributed by atoms with Gasteiger partial charge < -0.3 is 20.1 Å². The molecule has 2 unspecified atom stereocenters. The van der Waals surface area contributed by atoms with E-state index in [1.54, 1.807) is 6.26 Å². The Labute approximate surface area is 306 Å². The molecule has 0 aliphatic rings. The summed E-state index contributed by atoms with van der Waals surface area (Å²) in [6.45, 7) is 4.13. The van der Waals surface area contributed by atoms with Crippen LogP contribution in [0.25, 0.3) is 0 Å². The van der Waals surface area contributed by atoms with Gasteiger partial charge in [-0.3, -0.25) is 13.8 Å². The minimum absolute atomic E-state index is 0.00904. The monoisotopic (exact) mass is 724 g/mol. The lowest BCUT2D eigenvalue weighted by atomic mass is 10.1. The van der Waals surface area contributed by atoms with Crippen LogP contribution in [0.4, 0.5) is 0 Å². The number of phosphoric acid groups is 1. The predicted molar refractivity (Wildman–Crippen MR) is 210 cm³/mol. The van der Waals surface area contributed by atoms with Gasteiger partial charge in [-0.1, -0.05) is 120 Å². The van der Waals surface area contributed by atoms with E-state index in [-0.39, 0.29) is 32.8 Å². The molecule has 3 N–H and O–H groups in total. The van der Waals surface area contributed by atoms with E-state index in [4.69, 9.17) is 24.3 Å². The Bertz CT molecular complexity index is 947. The molecule has 0 aromatic carbocycles. The van der Waals surface area contributed by atoms with Crippen LogP contribution in [0.1, 0.15) is 162 Å². The van der Waals surface area contributed by atoms with Crippen LogP contribution in [0.5, 0.6) is 0 Å². The normalized spacial score (nSPS) is 14.2. The summed E-state index contributed by atoms with van der Waals surface area (Å²) in [5.74, 6) is -0.395. The van der Waals surface area contributed by atoms with Crippen LogP contribution in [-0.4, -0.2) is 43.3 Å². The average Bonchev–Trinajstić information content (AvgIpc) is 3.10. The van der Waals surface area contributed by atoms with Gasteiger partial charge >= 0.3 is 13.8 Å². The van der Waals surface area contributed by atoms with Gasteiger partial charge in [0.15, 0.2) is 6.10 Å². The smallest absolute Gasteiger partial charge is 0.472 e. The summed E-state index contributed by atoms with van der Waals surface area (Å²) in [5, 5.41) is 0. The Morgan fingerprint density at radius 3 is 1.66 bits per heavy atom. The molecule has 8 nitrogen and oxygen atoms in total. The fourth-order valence-electron chi connectivity index (χ4n) is 5.02. The Morgan fingerprint density at radius 1 is 0.620 bits per heavy atom. The van der Waals surface area contributed by atoms with Gasteiger partial charge in [-0.05, 0) is 89.5 Å². The van der Waals surface area contributed by atoms with Crippen LogP contribution in [0.15, 0.2) is 60.9 Å². The van der Waals surface area contributed by atoms with E-state index in [1.807, 2.05) is 6.08 Å². The highest BCUT2D eigenvalue weighted by Crippen LogP contribution is 2.43. The first-order valence-electron chi connectivity index (χ1n) is 19.8. The minimum atomic E-state index is -4.30. The lowest BCUT2D eigenvalue weighted by molar-refractivity contribution is -0.153. The van der Waals surface area contributed by atoms with Crippen molar-refractivity contribution in [2.75, 3.05) is 26.4 Å². The van der Waals surface area contributed by atoms with Crippen LogP contribution < -0.4 is 5.73 Å². The molecular weight excluding hydrogens is 649 g/mol. The lowest BCUT2D eigenvalue weighted by Gasteiger charge is -2.19. The molecule has 2 atom stereocenters. The molecule has 0 saturated heterocycles. The third kappa shape index (κ3) is 37.3. The molecule has 50 heavy (non-hydrogen) atoms. The lowest BCUT2D eigenvalue weighted by Crippen LogP contribution is -2.27. The number of hydrogen-bond acceptors (Lipinski definition) is 7. The van der Waals surface area contributed by atoms with Gasteiger partial charge in [0.25, 0.3) is 0 Å². The number of allylic oxidation sites excluding steroid dienone is 9. The third-order valence-corrected chi connectivity index (χ3v) is 8.96. The summed E-state index contributed by atoms with van der Waals surface area (Å²) in [4.78, 5) is 22.4. The van der Waals surface area contributed by atoms with Crippen molar-refractivity contribution < 1.29 is 32.8 Å². The second-order valence-corrected chi connectivity index (χ2v) is 14.3. The fraction of sp³-hybridized carbons (Fsp3) is 0.732. The van der Waals surface area contributed by atoms with Gasteiger partial charge in [0.05, 0.1) is 19.5 Å². The highest BCUT2D eigenvalue weighted by molar-refractivity contribution is 7.47. The quantitative estimate of drug-likeness (QED) is 0.0214. The molecule has 0 aromatic rings. The number of rotatable bonds is 37. The number of hydrogen-bond donors (Lipinski definition) is 2. The first kappa shape index (κ1) is 48.0. The Hall–Kier alpha value is -1.96. The maximum absolute atomic E-state index is 12.5. The molecule has 0 aliphatic heterocycles. The number of unbranched alkanes of at least 4 members (excludes halogenated alkanes) is 16. The summed E-state index contributed by atoms with van der Waals surface area (Å²) in [5.41, 5.74) is 5.35. The van der Waals surface area contributed by atoms with Crippen molar-refractivity contribution in [3.05, 3.63) is 60.9 Å². The second kappa shape index (κ2) is 38.3. The number of nitrogens with two attached hydrogens (primary N) is 1. The molecule has 0 aromatic heterocycles. The van der Waals surface area contributed by atoms with Gasteiger partial charge in [0, 0.05) is 13.0 Å². The zero-order valence-electron chi connectivity index (χ0n) is 31.9. The van der Waals surface area contributed by atoms with Crippen molar-refractivity contribution in [3.8, 4) is 0 Å². The average molecular weight is 724 g/mol. The van der Waals surface area contributed by atoms with Crippen molar-refractivity contribution in [2.45, 2.75) is 168 Å². The van der Waals surface area contributed by atoms with E-state index < -0.39 is 19.9 Å². The van der Waals surface area contributed by atoms with E-state index in [0.29, 0.717) is 6.42 Å². The van der Waals surface area contributed by atoms with Gasteiger partial charge in [-0.2, -0.15) is 0 Å². The van der Waals surface area contributed by atoms with Crippen LogP contribution in [0.2, 0.25) is 0 Å². The predicted octanol–water partition coefficient (Wildman–Crippen LogP) is 11.8. The van der Waals surface area contributed by atoms with Crippen LogP contribution in [-0.2, 0) is 27.9 Å². The highest BCUT2D eigenvalue weighted by Gasteiger charge is 2.25. The summed E-state index contributed by atoms with van der Waals surface area (Å²) >= 11 is 0. The van der Waals surface area contributed by atoms with E-state index in [9.17, 15) is 14.3 Å². The largest absolute Gasteiger partial charge is 0.498 e. The standard InChI is InChI=1S/C41H74NO7P/c1-3-5-7-9-11-13-15-17-19-21-23-25-27-29-31-33-36-46-38-40(39-48-50(44,45)47-37-35-42)49-41(43)34-32-30-28-26-24-22-20-18-16-14-12-10-8-6-4-2/h12,14,17-20,24,26,33,36,40H,3-11,13,15-16,21-23,25,27-32,34-35,37-39,42H2,1-2H3,(H,44,45). The molecule has 0 aliphatic carbocycles. The maximum Gasteiger partial charge on any atom is 0.472 e. The SMILES string of the molecule is CCCCCC=CCC=CCC=CCCCCC(=O)OC(COC=CCCCCCCC=CCCCCCCCC)COP(=O)(O)OCCN. The van der Waals surface area contributed by atoms with Gasteiger partial charge in [0.1, 0.15) is 6.61 Å². The van der Waals surface area contributed by atoms with Crippen molar-refractivity contribution >= 4 is 13.8 Å². The zero-order valence-corrected chi connectivity index (χ0v) is 32.8. The van der Waals surface area contributed by atoms with Crippen molar-refractivity contribution in [3.63, 3.8) is 0 Å². The summed E-state index contributed by atoms with van der Waals surface area (Å²) < 4.78 is 33.0. The fourth-order valence-corrected chi connectivity index (χ4v) is 5.79. The molecule has 0 rings (SSSR count). The molecule has 0 saturated carbocycles. The molecule has 0 radical (unpaired) electrons. The van der Waals surface area contributed by atoms with Crippen LogP contribution >= 0.6 is 7.82 Å². The summed E-state index contributed by atoms with van der Waals surface area (Å²) in [7, 11) is -4.30. The van der Waals surface area contributed by atoms with Crippen molar-refractivity contribution in [1.29, 1.82) is 0 Å². The van der Waals surface area contributed by atoms with E-state index in [0.717, 1.165) is 44.9 Å². The molecular formula is C41H74NO7P. The summed E-state index contributed by atoms with van der Waals surface area (Å²) in [6, 6.07) is 0. The number of esters is 1. The number of carbonyl (C=O) groups is 1. The Kier molecular flexibility index (Phi) is 36.8. The molecule has 0 bridgehead atoms. The second-order valence-electron chi connectivity index (χ2n) is 12.8. The van der Waals surface area contributed by atoms with Gasteiger partial charge in [-0.25, -0.2) is 4.57 Å². The highest BCUT2D eigenvalue weighted by atomic mass is 31.2. The molecule has 0 amide bonds. The molecule has 0 fully saturated rings. The minimum Gasteiger partial charge on any atom is -0.498 e. The molecule has 0 heterocycles. The van der Waals surface area contributed by atoms with Gasteiger partial charge in [0.2, 0.25) is 0 Å². The topological polar surface area (TPSA) is 117 Å². The van der Waals surface area contributed by atoms with Gasteiger partial charge in [-0.15, -0.1) is 0 Å². The van der Waals surface area contributed by atoms with Crippen LogP contribution in [0, 0.1) is 0 Å². The Morgan fingerprint density at radius 2 is 1.08 bits per heavy atom. The van der Waals surface area contributed by atoms with Crippen molar-refractivity contribution in [2.24, 2.45) is 5.73 Å². The maximum atomic E-state index is 12.5. The van der Waals surface area contributed by atoms with E-state index in [1.165, 1.54) is 89.9 Å². The van der Waals surface area contributed by atoms with Crippen LogP contribution in [0.3, 0.4) is 0 Å². The Balaban J connectivity index is 4.23.